The lowest BCUT2D eigenvalue weighted by Crippen LogP contribution is -2.35. The number of amides is 1. The fourth-order valence-corrected chi connectivity index (χ4v) is 2.11. The Hall–Kier alpha value is -2.44. The first kappa shape index (κ1) is 16.9. The number of guanidine groups is 1. The summed E-state index contributed by atoms with van der Waals surface area (Å²) in [5.74, 6) is 1.97. The number of methoxy groups -OCH3 is 1. The van der Waals surface area contributed by atoms with Crippen molar-refractivity contribution in [2.45, 2.75) is 6.54 Å². The molecule has 0 saturated carbocycles. The van der Waals surface area contributed by atoms with E-state index in [0.717, 1.165) is 24.6 Å². The molecule has 1 aromatic carbocycles. The molecule has 2 rings (SSSR count). The van der Waals surface area contributed by atoms with Gasteiger partial charge in [-0.3, -0.25) is 9.79 Å². The Morgan fingerprint density at radius 3 is 2.78 bits per heavy atom. The predicted molar refractivity (Wildman–Crippen MR) is 89.0 cm³/mol. The smallest absolute Gasteiger partial charge is 0.259 e. The number of hydrogen-bond acceptors (Lipinski definition) is 6. The van der Waals surface area contributed by atoms with Gasteiger partial charge in [0.25, 0.3) is 5.91 Å². The van der Waals surface area contributed by atoms with Crippen LogP contribution in [-0.2, 0) is 11.3 Å². The van der Waals surface area contributed by atoms with Gasteiger partial charge in [-0.05, 0) is 17.7 Å². The van der Waals surface area contributed by atoms with Gasteiger partial charge in [0.2, 0.25) is 0 Å². The average Bonchev–Trinajstić information content (AvgIpc) is 2.95. The minimum atomic E-state index is -0.0971. The van der Waals surface area contributed by atoms with Gasteiger partial charge in [-0.15, -0.1) is 0 Å². The van der Waals surface area contributed by atoms with Crippen LogP contribution in [0.25, 0.3) is 0 Å². The minimum absolute atomic E-state index is 0.0114. The van der Waals surface area contributed by atoms with Gasteiger partial charge in [0.05, 0.1) is 13.7 Å². The van der Waals surface area contributed by atoms with E-state index < -0.39 is 0 Å². The lowest BCUT2D eigenvalue weighted by molar-refractivity contribution is -0.130. The fourth-order valence-electron chi connectivity index (χ4n) is 2.11. The van der Waals surface area contributed by atoms with Crippen LogP contribution in [-0.4, -0.2) is 69.6 Å². The monoisotopic (exact) mass is 320 g/mol. The molecule has 0 spiro atoms. The molecule has 1 aliphatic heterocycles. The normalized spacial score (nSPS) is 13.6. The van der Waals surface area contributed by atoms with Crippen molar-refractivity contribution in [3.05, 3.63) is 23.8 Å². The molecule has 0 bridgehead atoms. The third kappa shape index (κ3) is 4.51. The van der Waals surface area contributed by atoms with E-state index in [1.165, 1.54) is 4.90 Å². The second-order valence-corrected chi connectivity index (χ2v) is 5.54. The molecule has 7 heteroatoms. The highest BCUT2D eigenvalue weighted by Crippen LogP contribution is 2.28. The highest BCUT2D eigenvalue weighted by Gasteiger charge is 2.13. The number of rotatable bonds is 6. The van der Waals surface area contributed by atoms with Crippen molar-refractivity contribution in [3.8, 4) is 11.5 Å². The van der Waals surface area contributed by atoms with Crippen LogP contribution in [0.2, 0.25) is 0 Å². The van der Waals surface area contributed by atoms with Gasteiger partial charge in [-0.2, -0.15) is 0 Å². The Morgan fingerprint density at radius 1 is 1.39 bits per heavy atom. The van der Waals surface area contributed by atoms with E-state index in [4.69, 9.17) is 9.47 Å². The predicted octanol–water partition coefficient (Wildman–Crippen LogP) is 0.553. The number of benzene rings is 1. The summed E-state index contributed by atoms with van der Waals surface area (Å²) in [5, 5.41) is 3.30. The molecule has 1 amide bonds. The molecule has 7 nitrogen and oxygen atoms in total. The van der Waals surface area contributed by atoms with E-state index in [0.29, 0.717) is 18.0 Å². The first-order valence-electron chi connectivity index (χ1n) is 7.50. The third-order valence-electron chi connectivity index (χ3n) is 3.59. The van der Waals surface area contributed by atoms with Crippen molar-refractivity contribution in [2.24, 2.45) is 4.99 Å². The third-order valence-corrected chi connectivity index (χ3v) is 3.59. The van der Waals surface area contributed by atoms with Crippen LogP contribution in [0, 0.1) is 0 Å². The van der Waals surface area contributed by atoms with Crippen LogP contribution in [0.15, 0.2) is 23.2 Å². The molecule has 23 heavy (non-hydrogen) atoms. The SMILES string of the molecule is COc1cc(CNC2=NCCN2C)ccc1OCC(=O)N(C)C. The lowest BCUT2D eigenvalue weighted by atomic mass is 10.2. The summed E-state index contributed by atoms with van der Waals surface area (Å²) >= 11 is 0. The summed E-state index contributed by atoms with van der Waals surface area (Å²) in [6, 6.07) is 5.66. The maximum atomic E-state index is 11.6. The summed E-state index contributed by atoms with van der Waals surface area (Å²) < 4.78 is 10.9. The summed E-state index contributed by atoms with van der Waals surface area (Å²) in [7, 11) is 6.99. The van der Waals surface area contributed by atoms with Crippen LogP contribution < -0.4 is 14.8 Å². The van der Waals surface area contributed by atoms with Gasteiger partial charge in [0.1, 0.15) is 0 Å². The van der Waals surface area contributed by atoms with E-state index in [1.54, 1.807) is 21.2 Å². The molecule has 0 aromatic heterocycles. The highest BCUT2D eigenvalue weighted by molar-refractivity contribution is 5.81. The van der Waals surface area contributed by atoms with Crippen molar-refractivity contribution in [1.29, 1.82) is 0 Å². The molecule has 0 unspecified atom stereocenters. The standard InChI is InChI=1S/C16H24N4O3/c1-19(2)15(21)11-23-13-6-5-12(9-14(13)22-4)10-18-16-17-7-8-20(16)3/h5-6,9H,7-8,10-11H2,1-4H3,(H,17,18). The number of likely N-dealkylation sites (N-methyl/N-ethyl adjacent to an activating group) is 2. The first-order chi connectivity index (χ1) is 11.0. The number of nitrogens with zero attached hydrogens (tertiary/aromatic N) is 3. The quantitative estimate of drug-likeness (QED) is 0.829. The van der Waals surface area contributed by atoms with Crippen molar-refractivity contribution in [1.82, 2.24) is 15.1 Å². The molecule has 0 atom stereocenters. The van der Waals surface area contributed by atoms with Gasteiger partial charge < -0.3 is 24.6 Å². The molecule has 0 fully saturated rings. The van der Waals surface area contributed by atoms with Gasteiger partial charge in [0, 0.05) is 34.2 Å². The zero-order chi connectivity index (χ0) is 16.8. The Morgan fingerprint density at radius 2 is 2.17 bits per heavy atom. The van der Waals surface area contributed by atoms with Crippen molar-refractivity contribution in [2.75, 3.05) is 47.9 Å². The summed E-state index contributed by atoms with van der Waals surface area (Å²) in [5.41, 5.74) is 1.05. The van der Waals surface area contributed by atoms with E-state index in [-0.39, 0.29) is 12.5 Å². The number of hydrogen-bond donors (Lipinski definition) is 1. The minimum Gasteiger partial charge on any atom is -0.493 e. The molecule has 0 radical (unpaired) electrons. The Balaban J connectivity index is 1.97. The van der Waals surface area contributed by atoms with Crippen molar-refractivity contribution in [3.63, 3.8) is 0 Å². The molecule has 1 heterocycles. The number of carbonyl (C=O) groups is 1. The zero-order valence-electron chi connectivity index (χ0n) is 14.1. The highest BCUT2D eigenvalue weighted by atomic mass is 16.5. The van der Waals surface area contributed by atoms with Crippen molar-refractivity contribution < 1.29 is 14.3 Å². The molecule has 1 N–H and O–H groups in total. The second-order valence-electron chi connectivity index (χ2n) is 5.54. The number of aliphatic imine (C=N–C) groups is 1. The average molecular weight is 320 g/mol. The molecule has 126 valence electrons. The van der Waals surface area contributed by atoms with Gasteiger partial charge in [0.15, 0.2) is 24.1 Å². The summed E-state index contributed by atoms with van der Waals surface area (Å²) in [6.45, 7) is 2.41. The van der Waals surface area contributed by atoms with Crippen LogP contribution in [0.4, 0.5) is 0 Å². The number of nitrogens with one attached hydrogen (secondary N) is 1. The maximum Gasteiger partial charge on any atom is 0.259 e. The second kappa shape index (κ2) is 7.71. The molecule has 1 aromatic rings. The van der Waals surface area contributed by atoms with Crippen LogP contribution >= 0.6 is 0 Å². The molecule has 0 saturated heterocycles. The van der Waals surface area contributed by atoms with E-state index >= 15 is 0 Å². The van der Waals surface area contributed by atoms with E-state index in [2.05, 4.69) is 15.2 Å². The summed E-state index contributed by atoms with van der Waals surface area (Å²) in [6.07, 6.45) is 0. The Labute approximate surface area is 136 Å². The lowest BCUT2D eigenvalue weighted by Gasteiger charge is -2.16. The molecular weight excluding hydrogens is 296 g/mol. The topological polar surface area (TPSA) is 66.4 Å². The zero-order valence-corrected chi connectivity index (χ0v) is 14.1. The number of carbonyl (C=O) groups excluding carboxylic acids is 1. The Kier molecular flexibility index (Phi) is 5.67. The fraction of sp³-hybridized carbons (Fsp3) is 0.500. The van der Waals surface area contributed by atoms with Gasteiger partial charge in [-0.25, -0.2) is 0 Å². The van der Waals surface area contributed by atoms with Crippen molar-refractivity contribution >= 4 is 11.9 Å². The van der Waals surface area contributed by atoms with E-state index in [1.807, 2.05) is 25.2 Å². The van der Waals surface area contributed by atoms with Crippen LogP contribution in [0.3, 0.4) is 0 Å². The van der Waals surface area contributed by atoms with Crippen LogP contribution in [0.5, 0.6) is 11.5 Å². The summed E-state index contributed by atoms with van der Waals surface area (Å²) in [4.78, 5) is 19.6. The molecular formula is C16H24N4O3. The molecule has 1 aliphatic rings. The van der Waals surface area contributed by atoms with E-state index in [9.17, 15) is 4.79 Å². The largest absolute Gasteiger partial charge is 0.493 e. The number of ether oxygens (including phenoxy) is 2. The molecule has 0 aliphatic carbocycles. The maximum absolute atomic E-state index is 11.6. The van der Waals surface area contributed by atoms with Crippen LogP contribution in [0.1, 0.15) is 5.56 Å². The Bertz CT molecular complexity index is 587. The van der Waals surface area contributed by atoms with Gasteiger partial charge in [-0.1, -0.05) is 6.07 Å². The van der Waals surface area contributed by atoms with Gasteiger partial charge >= 0.3 is 0 Å². The first-order valence-corrected chi connectivity index (χ1v) is 7.50.